The second-order valence-corrected chi connectivity index (χ2v) is 8.31. The third-order valence-electron chi connectivity index (χ3n) is 5.32. The first-order valence-corrected chi connectivity index (χ1v) is 11.0. The van der Waals surface area contributed by atoms with Crippen LogP contribution < -0.4 is 5.32 Å². The van der Waals surface area contributed by atoms with Crippen LogP contribution in [-0.4, -0.2) is 55.9 Å². The molecule has 1 aromatic carbocycles. The number of halogens is 1. The third-order valence-corrected chi connectivity index (χ3v) is 5.82. The fourth-order valence-electron chi connectivity index (χ4n) is 3.68. The summed E-state index contributed by atoms with van der Waals surface area (Å²) in [5, 5.41) is 3.45. The van der Waals surface area contributed by atoms with Gasteiger partial charge in [0.25, 0.3) is 0 Å². The van der Waals surface area contributed by atoms with Crippen molar-refractivity contribution in [2.24, 2.45) is 4.99 Å². The molecule has 2 aliphatic heterocycles. The largest absolute Gasteiger partial charge is 0.376 e. The van der Waals surface area contributed by atoms with Crippen LogP contribution in [-0.2, 0) is 16.0 Å². The summed E-state index contributed by atoms with van der Waals surface area (Å²) in [5.74, 6) is 1.01. The molecule has 0 radical (unpaired) electrons. The topological polar surface area (TPSA) is 46.1 Å². The van der Waals surface area contributed by atoms with Gasteiger partial charge in [0.15, 0.2) is 5.96 Å². The SMILES string of the molecule is CCNC(=NCc1ccc(Br)cc1C)N1CCC(OCC2CCCO2)CC1. The van der Waals surface area contributed by atoms with E-state index >= 15 is 0 Å². The predicted molar refractivity (Wildman–Crippen MR) is 113 cm³/mol. The molecule has 2 aliphatic rings. The van der Waals surface area contributed by atoms with Crippen molar-refractivity contribution < 1.29 is 9.47 Å². The zero-order valence-electron chi connectivity index (χ0n) is 16.5. The lowest BCUT2D eigenvalue weighted by atomic mass is 10.1. The van der Waals surface area contributed by atoms with E-state index in [0.29, 0.717) is 18.8 Å². The monoisotopic (exact) mass is 437 g/mol. The van der Waals surface area contributed by atoms with E-state index in [2.05, 4.69) is 58.2 Å². The number of rotatable bonds is 6. The standard InChI is InChI=1S/C21H32BrN3O2/c1-3-23-21(24-14-17-6-7-18(22)13-16(17)2)25-10-8-19(9-11-25)27-15-20-5-4-12-26-20/h6-7,13,19-20H,3-5,8-12,14-15H2,1-2H3,(H,23,24). The van der Waals surface area contributed by atoms with Gasteiger partial charge in [0, 0.05) is 30.7 Å². The molecule has 1 unspecified atom stereocenters. The average Bonchev–Trinajstić information content (AvgIpc) is 3.19. The Labute approximate surface area is 171 Å². The molecule has 27 heavy (non-hydrogen) atoms. The van der Waals surface area contributed by atoms with E-state index in [4.69, 9.17) is 14.5 Å². The average molecular weight is 438 g/mol. The van der Waals surface area contributed by atoms with Gasteiger partial charge in [-0.05, 0) is 62.8 Å². The Morgan fingerprint density at radius 2 is 2.15 bits per heavy atom. The second-order valence-electron chi connectivity index (χ2n) is 7.40. The minimum atomic E-state index is 0.316. The van der Waals surface area contributed by atoms with E-state index in [1.54, 1.807) is 0 Å². The number of guanidine groups is 1. The van der Waals surface area contributed by atoms with E-state index in [-0.39, 0.29) is 0 Å². The van der Waals surface area contributed by atoms with Crippen molar-refractivity contribution in [2.75, 3.05) is 32.8 Å². The molecule has 1 atom stereocenters. The second kappa shape index (κ2) is 10.4. The number of benzene rings is 1. The molecule has 0 spiro atoms. The molecule has 0 aromatic heterocycles. The normalized spacial score (nSPS) is 21.7. The van der Waals surface area contributed by atoms with E-state index in [1.807, 2.05) is 0 Å². The Hall–Kier alpha value is -1.11. The number of hydrogen-bond acceptors (Lipinski definition) is 3. The zero-order valence-corrected chi connectivity index (χ0v) is 18.1. The Morgan fingerprint density at radius 1 is 1.33 bits per heavy atom. The number of hydrogen-bond donors (Lipinski definition) is 1. The van der Waals surface area contributed by atoms with Crippen molar-refractivity contribution in [3.8, 4) is 0 Å². The fourth-order valence-corrected chi connectivity index (χ4v) is 4.15. The molecule has 2 heterocycles. The molecule has 2 saturated heterocycles. The van der Waals surface area contributed by atoms with Crippen LogP contribution in [0, 0.1) is 6.92 Å². The van der Waals surface area contributed by atoms with Gasteiger partial charge < -0.3 is 19.7 Å². The molecule has 1 aromatic rings. The quantitative estimate of drug-likeness (QED) is 0.541. The van der Waals surface area contributed by atoms with Gasteiger partial charge in [0.05, 0.1) is 25.4 Å². The lowest BCUT2D eigenvalue weighted by molar-refractivity contribution is -0.0367. The van der Waals surface area contributed by atoms with E-state index < -0.39 is 0 Å². The molecule has 1 N–H and O–H groups in total. The first kappa shape index (κ1) is 20.6. The highest BCUT2D eigenvalue weighted by molar-refractivity contribution is 9.10. The van der Waals surface area contributed by atoms with Gasteiger partial charge in [0.1, 0.15) is 0 Å². The number of likely N-dealkylation sites (tertiary alicyclic amines) is 1. The fraction of sp³-hybridized carbons (Fsp3) is 0.667. The smallest absolute Gasteiger partial charge is 0.194 e. The van der Waals surface area contributed by atoms with Crippen molar-refractivity contribution in [2.45, 2.75) is 58.3 Å². The molecule has 3 rings (SSSR count). The van der Waals surface area contributed by atoms with Crippen LogP contribution in [0.3, 0.4) is 0 Å². The third kappa shape index (κ3) is 6.19. The molecule has 0 amide bonds. The number of ether oxygens (including phenoxy) is 2. The van der Waals surface area contributed by atoms with E-state index in [0.717, 1.165) is 62.5 Å². The zero-order chi connectivity index (χ0) is 19.1. The van der Waals surface area contributed by atoms with Gasteiger partial charge in [-0.15, -0.1) is 0 Å². The lowest BCUT2D eigenvalue weighted by Gasteiger charge is -2.34. The maximum atomic E-state index is 6.09. The molecule has 0 saturated carbocycles. The van der Waals surface area contributed by atoms with Crippen LogP contribution in [0.5, 0.6) is 0 Å². The highest BCUT2D eigenvalue weighted by Gasteiger charge is 2.24. The first-order chi connectivity index (χ1) is 13.2. The highest BCUT2D eigenvalue weighted by Crippen LogP contribution is 2.19. The van der Waals surface area contributed by atoms with Crippen molar-refractivity contribution in [3.63, 3.8) is 0 Å². The molecule has 5 nitrogen and oxygen atoms in total. The van der Waals surface area contributed by atoms with Crippen LogP contribution in [0.2, 0.25) is 0 Å². The Bertz CT molecular complexity index is 624. The summed E-state index contributed by atoms with van der Waals surface area (Å²) in [6.07, 6.45) is 5.08. The van der Waals surface area contributed by atoms with Gasteiger partial charge in [-0.1, -0.05) is 22.0 Å². The van der Waals surface area contributed by atoms with Crippen LogP contribution in [0.15, 0.2) is 27.7 Å². The van der Waals surface area contributed by atoms with E-state index in [9.17, 15) is 0 Å². The highest BCUT2D eigenvalue weighted by atomic mass is 79.9. The number of piperidine rings is 1. The van der Waals surface area contributed by atoms with Gasteiger partial charge >= 0.3 is 0 Å². The number of nitrogens with zero attached hydrogens (tertiary/aromatic N) is 2. The summed E-state index contributed by atoms with van der Waals surface area (Å²) in [5.41, 5.74) is 2.54. The van der Waals surface area contributed by atoms with Crippen LogP contribution in [0.1, 0.15) is 43.7 Å². The molecule has 0 aliphatic carbocycles. The number of nitrogens with one attached hydrogen (secondary N) is 1. The Kier molecular flexibility index (Phi) is 7.97. The Morgan fingerprint density at radius 3 is 2.81 bits per heavy atom. The molecule has 150 valence electrons. The maximum Gasteiger partial charge on any atom is 0.194 e. The molecule has 2 fully saturated rings. The van der Waals surface area contributed by atoms with Crippen molar-refractivity contribution in [1.82, 2.24) is 10.2 Å². The van der Waals surface area contributed by atoms with Crippen molar-refractivity contribution >= 4 is 21.9 Å². The van der Waals surface area contributed by atoms with Gasteiger partial charge in [0.2, 0.25) is 0 Å². The predicted octanol–water partition coefficient (Wildman–Crippen LogP) is 3.88. The summed E-state index contributed by atoms with van der Waals surface area (Å²) < 4.78 is 12.9. The Balaban J connectivity index is 1.51. The van der Waals surface area contributed by atoms with Gasteiger partial charge in [-0.2, -0.15) is 0 Å². The first-order valence-electron chi connectivity index (χ1n) is 10.2. The van der Waals surface area contributed by atoms with Gasteiger partial charge in [-0.25, -0.2) is 4.99 Å². The summed E-state index contributed by atoms with van der Waals surface area (Å²) in [6, 6.07) is 6.38. The molecule has 6 heteroatoms. The summed E-state index contributed by atoms with van der Waals surface area (Å²) in [4.78, 5) is 7.25. The number of aryl methyl sites for hydroxylation is 1. The maximum absolute atomic E-state index is 6.09. The molecular formula is C21H32BrN3O2. The molecular weight excluding hydrogens is 406 g/mol. The van der Waals surface area contributed by atoms with Crippen LogP contribution in [0.4, 0.5) is 0 Å². The van der Waals surface area contributed by atoms with Gasteiger partial charge in [-0.3, -0.25) is 0 Å². The lowest BCUT2D eigenvalue weighted by Crippen LogP contribution is -2.47. The summed E-state index contributed by atoms with van der Waals surface area (Å²) in [6.45, 7) is 9.47. The van der Waals surface area contributed by atoms with E-state index in [1.165, 1.54) is 17.5 Å². The minimum Gasteiger partial charge on any atom is -0.376 e. The summed E-state index contributed by atoms with van der Waals surface area (Å²) >= 11 is 3.53. The van der Waals surface area contributed by atoms with Crippen molar-refractivity contribution in [3.05, 3.63) is 33.8 Å². The van der Waals surface area contributed by atoms with Crippen molar-refractivity contribution in [1.29, 1.82) is 0 Å². The molecule has 0 bridgehead atoms. The summed E-state index contributed by atoms with van der Waals surface area (Å²) in [7, 11) is 0. The van der Waals surface area contributed by atoms with Crippen LogP contribution in [0.25, 0.3) is 0 Å². The number of aliphatic imine (C=N–C) groups is 1. The van der Waals surface area contributed by atoms with Crippen LogP contribution >= 0.6 is 15.9 Å². The minimum absolute atomic E-state index is 0.316.